The molecule has 2 aromatic heterocycles. The number of fused-ring (bicyclic) bond motifs is 1. The van der Waals surface area contributed by atoms with E-state index in [0.717, 1.165) is 11.3 Å². The summed E-state index contributed by atoms with van der Waals surface area (Å²) in [6.07, 6.45) is 5.80. The van der Waals surface area contributed by atoms with E-state index in [4.69, 9.17) is 5.73 Å². The minimum atomic E-state index is 0.782. The molecule has 4 heteroatoms. The Balaban J connectivity index is 2.80. The molecule has 2 aromatic rings. The fourth-order valence-corrected chi connectivity index (χ4v) is 1.23. The lowest BCUT2D eigenvalue weighted by Crippen LogP contribution is -2.07. The maximum absolute atomic E-state index is 5.72. The number of nitrogens with zero attached hydrogens (tertiary/aromatic N) is 2. The van der Waals surface area contributed by atoms with Gasteiger partial charge in [0.1, 0.15) is 0 Å². The molecule has 0 saturated heterocycles. The van der Waals surface area contributed by atoms with Gasteiger partial charge in [0.05, 0.1) is 5.69 Å². The first-order valence-electron chi connectivity index (χ1n) is 3.44. The van der Waals surface area contributed by atoms with E-state index in [1.807, 2.05) is 40.8 Å². The van der Waals surface area contributed by atoms with Crippen molar-refractivity contribution in [1.82, 2.24) is 9.08 Å². The standard InChI is InChI=1S/C7H10N4/c1-9-11-5-4-10-3-2-6(8)7(10)11/h2-5,9H,8H2,1H3. The topological polar surface area (TPSA) is 47.4 Å². The third kappa shape index (κ3) is 0.690. The van der Waals surface area contributed by atoms with Crippen molar-refractivity contribution < 1.29 is 0 Å². The Morgan fingerprint density at radius 2 is 2.18 bits per heavy atom. The monoisotopic (exact) mass is 150 g/mol. The van der Waals surface area contributed by atoms with E-state index in [0.29, 0.717) is 0 Å². The fourth-order valence-electron chi connectivity index (χ4n) is 1.23. The van der Waals surface area contributed by atoms with E-state index in [9.17, 15) is 0 Å². The van der Waals surface area contributed by atoms with Crippen LogP contribution in [0, 0.1) is 0 Å². The van der Waals surface area contributed by atoms with Gasteiger partial charge >= 0.3 is 0 Å². The quantitative estimate of drug-likeness (QED) is 0.621. The molecule has 0 aliphatic carbocycles. The van der Waals surface area contributed by atoms with Crippen LogP contribution in [0.15, 0.2) is 24.7 Å². The lowest BCUT2D eigenvalue weighted by atomic mass is 10.5. The van der Waals surface area contributed by atoms with Gasteiger partial charge in [0.2, 0.25) is 0 Å². The molecule has 0 bridgehead atoms. The number of rotatable bonds is 1. The summed E-state index contributed by atoms with van der Waals surface area (Å²) in [5.74, 6) is 0. The third-order valence-electron chi connectivity index (χ3n) is 1.76. The van der Waals surface area contributed by atoms with E-state index in [-0.39, 0.29) is 0 Å². The molecule has 0 atom stereocenters. The smallest absolute Gasteiger partial charge is 0.159 e. The average Bonchev–Trinajstić information content (AvgIpc) is 2.54. The van der Waals surface area contributed by atoms with Crippen molar-refractivity contribution >= 4 is 11.3 Å². The van der Waals surface area contributed by atoms with Gasteiger partial charge in [0, 0.05) is 25.6 Å². The summed E-state index contributed by atoms with van der Waals surface area (Å²) in [4.78, 5) is 0. The summed E-state index contributed by atoms with van der Waals surface area (Å²) >= 11 is 0. The zero-order chi connectivity index (χ0) is 7.84. The van der Waals surface area contributed by atoms with Crippen LogP contribution in [0.2, 0.25) is 0 Å². The van der Waals surface area contributed by atoms with Gasteiger partial charge in [-0.2, -0.15) is 0 Å². The number of nitrogen functional groups attached to an aromatic ring is 1. The number of aromatic nitrogens is 2. The van der Waals surface area contributed by atoms with E-state index < -0.39 is 0 Å². The molecule has 0 radical (unpaired) electrons. The second kappa shape index (κ2) is 1.95. The second-order valence-corrected chi connectivity index (χ2v) is 2.39. The Morgan fingerprint density at radius 3 is 2.91 bits per heavy atom. The molecular formula is C7H10N4. The molecule has 0 fully saturated rings. The summed E-state index contributed by atoms with van der Waals surface area (Å²) in [6.45, 7) is 0. The SMILES string of the molecule is CNn1ccn2ccc(N)c12. The average molecular weight is 150 g/mol. The summed E-state index contributed by atoms with van der Waals surface area (Å²) in [7, 11) is 1.85. The molecule has 0 amide bonds. The number of imidazole rings is 1. The van der Waals surface area contributed by atoms with Crippen LogP contribution in [0.25, 0.3) is 5.65 Å². The molecule has 2 heterocycles. The maximum Gasteiger partial charge on any atom is 0.159 e. The number of anilines is 1. The highest BCUT2D eigenvalue weighted by molar-refractivity contribution is 5.66. The van der Waals surface area contributed by atoms with Crippen molar-refractivity contribution in [3.05, 3.63) is 24.7 Å². The van der Waals surface area contributed by atoms with E-state index in [2.05, 4.69) is 5.43 Å². The lowest BCUT2D eigenvalue weighted by molar-refractivity contribution is 0.967. The summed E-state index contributed by atoms with van der Waals surface area (Å²) in [6, 6.07) is 1.88. The van der Waals surface area contributed by atoms with Crippen molar-refractivity contribution in [2.24, 2.45) is 0 Å². The molecule has 0 saturated carbocycles. The highest BCUT2D eigenvalue weighted by atomic mass is 15.4. The predicted molar refractivity (Wildman–Crippen MR) is 45.1 cm³/mol. The number of hydrogen-bond acceptors (Lipinski definition) is 2. The van der Waals surface area contributed by atoms with Crippen LogP contribution in [-0.4, -0.2) is 16.1 Å². The van der Waals surface area contributed by atoms with Crippen molar-refractivity contribution in [3.8, 4) is 0 Å². The van der Waals surface area contributed by atoms with E-state index in [1.54, 1.807) is 0 Å². The molecule has 11 heavy (non-hydrogen) atoms. The molecule has 0 aliphatic heterocycles. The Kier molecular flexibility index (Phi) is 1.09. The third-order valence-corrected chi connectivity index (χ3v) is 1.76. The molecule has 2 rings (SSSR count). The van der Waals surface area contributed by atoms with Gasteiger partial charge in [0.25, 0.3) is 0 Å². The summed E-state index contributed by atoms with van der Waals surface area (Å²) in [5.41, 5.74) is 10.5. The van der Waals surface area contributed by atoms with Crippen LogP contribution in [0.1, 0.15) is 0 Å². The van der Waals surface area contributed by atoms with Gasteiger partial charge in [0.15, 0.2) is 5.65 Å². The lowest BCUT2D eigenvalue weighted by Gasteiger charge is -2.00. The van der Waals surface area contributed by atoms with E-state index >= 15 is 0 Å². The number of nitrogens with two attached hydrogens (primary N) is 1. The zero-order valence-electron chi connectivity index (χ0n) is 6.28. The Morgan fingerprint density at radius 1 is 1.36 bits per heavy atom. The molecule has 0 spiro atoms. The number of hydrogen-bond donors (Lipinski definition) is 2. The van der Waals surface area contributed by atoms with Crippen LogP contribution in [0.3, 0.4) is 0 Å². The van der Waals surface area contributed by atoms with Gasteiger partial charge in [-0.05, 0) is 6.07 Å². The van der Waals surface area contributed by atoms with Crippen LogP contribution in [0.5, 0.6) is 0 Å². The predicted octanol–water partition coefficient (Wildman–Crippen LogP) is 0.496. The molecule has 4 nitrogen and oxygen atoms in total. The second-order valence-electron chi connectivity index (χ2n) is 2.39. The van der Waals surface area contributed by atoms with E-state index in [1.165, 1.54) is 0 Å². The first kappa shape index (κ1) is 6.15. The van der Waals surface area contributed by atoms with Crippen LogP contribution in [-0.2, 0) is 0 Å². The zero-order valence-corrected chi connectivity index (χ0v) is 6.28. The first-order chi connectivity index (χ1) is 5.33. The van der Waals surface area contributed by atoms with Crippen molar-refractivity contribution in [2.45, 2.75) is 0 Å². The van der Waals surface area contributed by atoms with Gasteiger partial charge in [-0.1, -0.05) is 0 Å². The van der Waals surface area contributed by atoms with Crippen molar-refractivity contribution in [1.29, 1.82) is 0 Å². The minimum absolute atomic E-state index is 0.782. The maximum atomic E-state index is 5.72. The molecule has 0 aromatic carbocycles. The van der Waals surface area contributed by atoms with Crippen LogP contribution >= 0.6 is 0 Å². The highest BCUT2D eigenvalue weighted by Crippen LogP contribution is 2.13. The Bertz CT molecular complexity index is 371. The Labute approximate surface area is 64.2 Å². The molecular weight excluding hydrogens is 140 g/mol. The molecule has 58 valence electrons. The highest BCUT2D eigenvalue weighted by Gasteiger charge is 2.01. The fraction of sp³-hybridized carbons (Fsp3) is 0.143. The Hall–Kier alpha value is -1.58. The minimum Gasteiger partial charge on any atom is -0.396 e. The largest absolute Gasteiger partial charge is 0.396 e. The summed E-state index contributed by atoms with van der Waals surface area (Å²) < 4.78 is 3.83. The summed E-state index contributed by atoms with van der Waals surface area (Å²) in [5, 5.41) is 0. The van der Waals surface area contributed by atoms with Gasteiger partial charge in [-0.25, -0.2) is 4.68 Å². The molecule has 0 aliphatic rings. The van der Waals surface area contributed by atoms with Gasteiger partial charge in [-0.3, -0.25) is 0 Å². The molecule has 3 N–H and O–H groups in total. The first-order valence-corrected chi connectivity index (χ1v) is 3.44. The van der Waals surface area contributed by atoms with Crippen LogP contribution < -0.4 is 11.2 Å². The van der Waals surface area contributed by atoms with Crippen molar-refractivity contribution in [3.63, 3.8) is 0 Å². The molecule has 0 unspecified atom stereocenters. The normalized spacial score (nSPS) is 10.6. The van der Waals surface area contributed by atoms with Crippen LogP contribution in [0.4, 0.5) is 5.69 Å². The van der Waals surface area contributed by atoms with Gasteiger partial charge in [-0.15, -0.1) is 0 Å². The number of nitrogens with one attached hydrogen (secondary N) is 1. The van der Waals surface area contributed by atoms with Gasteiger partial charge < -0.3 is 15.6 Å². The van der Waals surface area contributed by atoms with Crippen molar-refractivity contribution in [2.75, 3.05) is 18.2 Å².